The van der Waals surface area contributed by atoms with Crippen molar-refractivity contribution in [2.45, 2.75) is 11.7 Å². The first-order valence-corrected chi connectivity index (χ1v) is 8.55. The third-order valence-electron chi connectivity index (χ3n) is 4.03. The number of nitrogens with zero attached hydrogens (tertiary/aromatic N) is 2. The maximum Gasteiger partial charge on any atom is 0.305 e. The zero-order valence-corrected chi connectivity index (χ0v) is 13.8. The van der Waals surface area contributed by atoms with Crippen molar-refractivity contribution < 1.29 is 14.7 Å². The second kappa shape index (κ2) is 6.18. The molecule has 124 valence electrons. The van der Waals surface area contributed by atoms with Crippen LogP contribution in [0.5, 0.6) is 0 Å². The normalized spacial score (nSPS) is 19.5. The maximum atomic E-state index is 11.8. The predicted octanol–water partition coefficient (Wildman–Crippen LogP) is 2.48. The molecule has 1 aliphatic heterocycles. The van der Waals surface area contributed by atoms with Crippen LogP contribution in [0.15, 0.2) is 58.7 Å². The molecule has 2 aromatic carbocycles. The number of hydrogen-bond acceptors (Lipinski definition) is 5. The van der Waals surface area contributed by atoms with E-state index >= 15 is 0 Å². The molecule has 0 radical (unpaired) electrons. The Morgan fingerprint density at radius 1 is 1.00 bits per heavy atom. The number of nitrogens with one attached hydrogen (secondary N) is 1. The number of aliphatic carboxylic acids is 1. The number of carboxylic acid groups (broad SMARTS) is 1. The maximum absolute atomic E-state index is 11.8. The topological polar surface area (TPSA) is 91.1 Å². The summed E-state index contributed by atoms with van der Waals surface area (Å²) in [6.45, 7) is 0. The molecule has 2 aliphatic rings. The second-order valence-electron chi connectivity index (χ2n) is 5.64. The van der Waals surface area contributed by atoms with Crippen LogP contribution in [-0.4, -0.2) is 33.1 Å². The van der Waals surface area contributed by atoms with E-state index in [1.807, 2.05) is 48.5 Å². The molecule has 1 amide bonds. The van der Waals surface area contributed by atoms with E-state index in [9.17, 15) is 9.59 Å². The molecule has 1 atom stereocenters. The van der Waals surface area contributed by atoms with E-state index in [1.165, 1.54) is 0 Å². The number of hydrogen-bond donors (Lipinski definition) is 2. The van der Waals surface area contributed by atoms with Crippen molar-refractivity contribution in [3.05, 3.63) is 59.7 Å². The van der Waals surface area contributed by atoms with E-state index in [-0.39, 0.29) is 12.3 Å². The van der Waals surface area contributed by atoms with Gasteiger partial charge in [-0.3, -0.25) is 9.59 Å². The van der Waals surface area contributed by atoms with E-state index < -0.39 is 11.2 Å². The molecule has 0 saturated carbocycles. The Morgan fingerprint density at radius 2 is 1.56 bits per heavy atom. The zero-order valence-electron chi connectivity index (χ0n) is 13.0. The highest BCUT2D eigenvalue weighted by Gasteiger charge is 2.32. The van der Waals surface area contributed by atoms with Gasteiger partial charge in [-0.15, -0.1) is 10.2 Å². The summed E-state index contributed by atoms with van der Waals surface area (Å²) in [6, 6.07) is 15.9. The molecule has 0 aromatic heterocycles. The fraction of sp³-hybridized carbons (Fsp3) is 0.111. The SMILES string of the molecule is O=C(O)C[C@H]1S/C(=N\N=C2c3ccccc3-c3ccccc32)NC1=O. The van der Waals surface area contributed by atoms with E-state index in [0.29, 0.717) is 5.17 Å². The van der Waals surface area contributed by atoms with Gasteiger partial charge in [0.15, 0.2) is 5.17 Å². The van der Waals surface area contributed by atoms with Crippen LogP contribution in [0.1, 0.15) is 17.5 Å². The van der Waals surface area contributed by atoms with Crippen molar-refractivity contribution in [2.24, 2.45) is 10.2 Å². The van der Waals surface area contributed by atoms with Gasteiger partial charge in [0, 0.05) is 11.1 Å². The van der Waals surface area contributed by atoms with Crippen LogP contribution in [0.4, 0.5) is 0 Å². The van der Waals surface area contributed by atoms with Crippen molar-refractivity contribution in [3.63, 3.8) is 0 Å². The average Bonchev–Trinajstić information content (AvgIpc) is 3.11. The van der Waals surface area contributed by atoms with Crippen molar-refractivity contribution in [1.29, 1.82) is 0 Å². The van der Waals surface area contributed by atoms with Gasteiger partial charge in [0.25, 0.3) is 0 Å². The lowest BCUT2D eigenvalue weighted by Crippen LogP contribution is -2.26. The number of carbonyl (C=O) groups excluding carboxylic acids is 1. The number of amides is 1. The number of carbonyl (C=O) groups is 2. The largest absolute Gasteiger partial charge is 0.481 e. The lowest BCUT2D eigenvalue weighted by molar-refractivity contribution is -0.138. The van der Waals surface area contributed by atoms with Gasteiger partial charge in [0.05, 0.1) is 6.42 Å². The standard InChI is InChI=1S/C18H13N3O3S/c22-15(23)9-14-17(24)19-18(25-14)21-20-16-12-7-3-1-5-10(12)11-6-2-4-8-13(11)16/h1-8,14H,9H2,(H,22,23)(H,19,21,24)/t14-/m1/s1. The Labute approximate surface area is 147 Å². The third kappa shape index (κ3) is 2.83. The number of rotatable bonds is 3. The third-order valence-corrected chi connectivity index (χ3v) is 5.10. The van der Waals surface area contributed by atoms with Crippen LogP contribution in [0.25, 0.3) is 11.1 Å². The van der Waals surface area contributed by atoms with Gasteiger partial charge in [0.2, 0.25) is 5.91 Å². The zero-order chi connectivity index (χ0) is 17.4. The van der Waals surface area contributed by atoms with Crippen LogP contribution < -0.4 is 5.32 Å². The van der Waals surface area contributed by atoms with E-state index in [0.717, 1.165) is 39.7 Å². The molecule has 1 saturated heterocycles. The summed E-state index contributed by atoms with van der Waals surface area (Å²) in [4.78, 5) is 22.6. The monoisotopic (exact) mass is 351 g/mol. The van der Waals surface area contributed by atoms with Crippen LogP contribution in [0, 0.1) is 0 Å². The van der Waals surface area contributed by atoms with Crippen LogP contribution in [-0.2, 0) is 9.59 Å². The average molecular weight is 351 g/mol. The van der Waals surface area contributed by atoms with Crippen molar-refractivity contribution in [2.75, 3.05) is 0 Å². The quantitative estimate of drug-likeness (QED) is 0.709. The molecule has 0 spiro atoms. The highest BCUT2D eigenvalue weighted by molar-refractivity contribution is 8.15. The Kier molecular flexibility index (Phi) is 3.85. The van der Waals surface area contributed by atoms with Crippen LogP contribution >= 0.6 is 11.8 Å². The molecule has 2 N–H and O–H groups in total. The van der Waals surface area contributed by atoms with E-state index in [2.05, 4.69) is 15.5 Å². The molecule has 1 aliphatic carbocycles. The lowest BCUT2D eigenvalue weighted by atomic mass is 10.1. The summed E-state index contributed by atoms with van der Waals surface area (Å²) in [7, 11) is 0. The Balaban J connectivity index is 1.68. The van der Waals surface area contributed by atoms with Gasteiger partial charge in [-0.1, -0.05) is 60.3 Å². The molecule has 1 heterocycles. The van der Waals surface area contributed by atoms with E-state index in [4.69, 9.17) is 5.11 Å². The fourth-order valence-electron chi connectivity index (χ4n) is 2.94. The van der Waals surface area contributed by atoms with Gasteiger partial charge in [-0.25, -0.2) is 0 Å². The fourth-order valence-corrected chi connectivity index (χ4v) is 3.85. The first-order chi connectivity index (χ1) is 12.1. The van der Waals surface area contributed by atoms with Crippen molar-refractivity contribution >= 4 is 34.5 Å². The molecule has 0 unspecified atom stereocenters. The van der Waals surface area contributed by atoms with Gasteiger partial charge < -0.3 is 10.4 Å². The van der Waals surface area contributed by atoms with Crippen LogP contribution in [0.2, 0.25) is 0 Å². The highest BCUT2D eigenvalue weighted by atomic mass is 32.2. The van der Waals surface area contributed by atoms with Gasteiger partial charge in [-0.05, 0) is 11.1 Å². The van der Waals surface area contributed by atoms with Crippen LogP contribution in [0.3, 0.4) is 0 Å². The Bertz CT molecular complexity index is 905. The number of thioether (sulfide) groups is 1. The summed E-state index contributed by atoms with van der Waals surface area (Å²) in [5, 5.41) is 19.6. The number of amidine groups is 1. The summed E-state index contributed by atoms with van der Waals surface area (Å²) < 4.78 is 0. The highest BCUT2D eigenvalue weighted by Crippen LogP contribution is 2.36. The minimum absolute atomic E-state index is 0.238. The summed E-state index contributed by atoms with van der Waals surface area (Å²) in [6.07, 6.45) is -0.238. The molecule has 1 fully saturated rings. The number of carboxylic acids is 1. The van der Waals surface area contributed by atoms with Crippen molar-refractivity contribution in [3.8, 4) is 11.1 Å². The minimum atomic E-state index is -1.01. The van der Waals surface area contributed by atoms with Crippen molar-refractivity contribution in [1.82, 2.24) is 5.32 Å². The first kappa shape index (κ1) is 15.6. The number of benzene rings is 2. The summed E-state index contributed by atoms with van der Waals surface area (Å²) in [5.74, 6) is -1.36. The predicted molar refractivity (Wildman–Crippen MR) is 96.7 cm³/mol. The Morgan fingerprint density at radius 3 is 2.12 bits per heavy atom. The molecule has 0 bridgehead atoms. The van der Waals surface area contributed by atoms with Gasteiger partial charge >= 0.3 is 5.97 Å². The molecule has 7 heteroatoms. The van der Waals surface area contributed by atoms with Gasteiger partial charge in [0.1, 0.15) is 11.0 Å². The summed E-state index contributed by atoms with van der Waals surface area (Å²) >= 11 is 1.09. The minimum Gasteiger partial charge on any atom is -0.481 e. The molecule has 6 nitrogen and oxygen atoms in total. The molecular formula is C18H13N3O3S. The number of fused-ring (bicyclic) bond motifs is 3. The molecule has 25 heavy (non-hydrogen) atoms. The molecule has 2 aromatic rings. The summed E-state index contributed by atoms with van der Waals surface area (Å²) in [5.41, 5.74) is 4.93. The smallest absolute Gasteiger partial charge is 0.305 e. The first-order valence-electron chi connectivity index (χ1n) is 7.67. The lowest BCUT2D eigenvalue weighted by Gasteiger charge is -1.99. The Hall–Kier alpha value is -2.93. The second-order valence-corrected chi connectivity index (χ2v) is 6.83. The molecular weight excluding hydrogens is 338 g/mol. The van der Waals surface area contributed by atoms with Gasteiger partial charge in [-0.2, -0.15) is 0 Å². The molecule has 4 rings (SSSR count). The van der Waals surface area contributed by atoms with E-state index in [1.54, 1.807) is 0 Å².